The lowest BCUT2D eigenvalue weighted by Crippen LogP contribution is -2.37. The highest BCUT2D eigenvalue weighted by Gasteiger charge is 2.07. The van der Waals surface area contributed by atoms with Crippen molar-refractivity contribution in [3.8, 4) is 10.6 Å². The van der Waals surface area contributed by atoms with Crippen LogP contribution in [-0.2, 0) is 13.0 Å². The fourth-order valence-electron chi connectivity index (χ4n) is 2.55. The SMILES string of the molecule is CN=C(NCCc1csc(-c2ccc(C)cc2)n1)NCc1nc(C)c(C)s1.I. The minimum Gasteiger partial charge on any atom is -0.356 e. The van der Waals surface area contributed by atoms with Gasteiger partial charge in [-0.05, 0) is 20.8 Å². The summed E-state index contributed by atoms with van der Waals surface area (Å²) < 4.78 is 0. The number of hydrogen-bond donors (Lipinski definition) is 2. The molecule has 0 radical (unpaired) electrons. The zero-order valence-electron chi connectivity index (χ0n) is 16.6. The molecule has 3 rings (SSSR count). The number of hydrogen-bond acceptors (Lipinski definition) is 5. The second kappa shape index (κ2) is 10.9. The van der Waals surface area contributed by atoms with Gasteiger partial charge in [0.1, 0.15) is 10.0 Å². The van der Waals surface area contributed by atoms with Crippen molar-refractivity contribution in [1.29, 1.82) is 0 Å². The minimum atomic E-state index is 0. The van der Waals surface area contributed by atoms with Gasteiger partial charge in [0, 0.05) is 35.8 Å². The van der Waals surface area contributed by atoms with E-state index in [0.717, 1.165) is 40.3 Å². The topological polar surface area (TPSA) is 62.2 Å². The summed E-state index contributed by atoms with van der Waals surface area (Å²) in [4.78, 5) is 14.8. The molecule has 0 saturated carbocycles. The van der Waals surface area contributed by atoms with E-state index in [1.165, 1.54) is 16.0 Å². The molecule has 1 aromatic carbocycles. The second-order valence-corrected chi connectivity index (χ2v) is 8.51. The minimum absolute atomic E-state index is 0. The van der Waals surface area contributed by atoms with Crippen LogP contribution in [0.15, 0.2) is 34.6 Å². The average Bonchev–Trinajstić information content (AvgIpc) is 3.25. The molecule has 0 saturated heterocycles. The lowest BCUT2D eigenvalue weighted by atomic mass is 10.2. The van der Waals surface area contributed by atoms with Gasteiger partial charge in [0.05, 0.1) is 17.9 Å². The molecule has 2 N–H and O–H groups in total. The predicted molar refractivity (Wildman–Crippen MR) is 131 cm³/mol. The van der Waals surface area contributed by atoms with E-state index in [2.05, 4.69) is 64.1 Å². The number of benzene rings is 1. The number of halogens is 1. The van der Waals surface area contributed by atoms with E-state index < -0.39 is 0 Å². The van der Waals surface area contributed by atoms with E-state index in [-0.39, 0.29) is 24.0 Å². The van der Waals surface area contributed by atoms with Crippen LogP contribution in [0.25, 0.3) is 10.6 Å². The third kappa shape index (κ3) is 6.25. The van der Waals surface area contributed by atoms with E-state index in [0.29, 0.717) is 6.54 Å². The van der Waals surface area contributed by atoms with Crippen LogP contribution in [0, 0.1) is 20.8 Å². The summed E-state index contributed by atoms with van der Waals surface area (Å²) in [6, 6.07) is 8.51. The van der Waals surface area contributed by atoms with Gasteiger partial charge in [-0.1, -0.05) is 29.8 Å². The highest BCUT2D eigenvalue weighted by atomic mass is 127. The van der Waals surface area contributed by atoms with Crippen molar-refractivity contribution in [3.63, 3.8) is 0 Å². The molecular formula is C20H26IN5S2. The fraction of sp³-hybridized carbons (Fsp3) is 0.350. The monoisotopic (exact) mass is 527 g/mol. The van der Waals surface area contributed by atoms with Crippen molar-refractivity contribution >= 4 is 52.6 Å². The Bertz CT molecular complexity index is 896. The van der Waals surface area contributed by atoms with Gasteiger partial charge in [-0.2, -0.15) is 0 Å². The Morgan fingerprint density at radius 1 is 1.07 bits per heavy atom. The Morgan fingerprint density at radius 3 is 2.46 bits per heavy atom. The molecule has 0 spiro atoms. The maximum absolute atomic E-state index is 4.75. The van der Waals surface area contributed by atoms with Crippen molar-refractivity contribution in [2.24, 2.45) is 4.99 Å². The smallest absolute Gasteiger partial charge is 0.191 e. The van der Waals surface area contributed by atoms with Crippen LogP contribution in [-0.4, -0.2) is 29.5 Å². The highest BCUT2D eigenvalue weighted by Crippen LogP contribution is 2.24. The van der Waals surface area contributed by atoms with Crippen molar-refractivity contribution in [2.45, 2.75) is 33.7 Å². The molecule has 0 unspecified atom stereocenters. The van der Waals surface area contributed by atoms with E-state index in [9.17, 15) is 0 Å². The maximum Gasteiger partial charge on any atom is 0.191 e. The molecule has 8 heteroatoms. The number of aromatic nitrogens is 2. The Kier molecular flexibility index (Phi) is 8.84. The summed E-state index contributed by atoms with van der Waals surface area (Å²) in [5.74, 6) is 0.787. The summed E-state index contributed by atoms with van der Waals surface area (Å²) in [5.41, 5.74) is 4.65. The normalized spacial score (nSPS) is 11.2. The Hall–Kier alpha value is -1.52. The van der Waals surface area contributed by atoms with E-state index in [1.807, 2.05) is 6.92 Å². The van der Waals surface area contributed by atoms with Crippen LogP contribution < -0.4 is 10.6 Å². The predicted octanol–water partition coefficient (Wildman–Crippen LogP) is 4.72. The largest absolute Gasteiger partial charge is 0.356 e. The van der Waals surface area contributed by atoms with Crippen LogP contribution >= 0.6 is 46.7 Å². The molecule has 150 valence electrons. The summed E-state index contributed by atoms with van der Waals surface area (Å²) in [7, 11) is 1.78. The van der Waals surface area contributed by atoms with Crippen molar-refractivity contribution in [2.75, 3.05) is 13.6 Å². The van der Waals surface area contributed by atoms with Crippen LogP contribution in [0.5, 0.6) is 0 Å². The number of rotatable bonds is 6. The van der Waals surface area contributed by atoms with Crippen molar-refractivity contribution < 1.29 is 0 Å². The third-order valence-corrected chi connectivity index (χ3v) is 6.24. The van der Waals surface area contributed by atoms with E-state index in [4.69, 9.17) is 4.98 Å². The van der Waals surface area contributed by atoms with E-state index in [1.54, 1.807) is 29.7 Å². The standard InChI is InChI=1S/C20H25N5S2.HI/c1-13-5-7-16(8-6-13)19-25-17(12-26-19)9-10-22-20(21-4)23-11-18-24-14(2)15(3)27-18;/h5-8,12H,9-11H2,1-4H3,(H2,21,22,23);1H. The van der Waals surface area contributed by atoms with E-state index >= 15 is 0 Å². The molecule has 0 atom stereocenters. The molecule has 2 heterocycles. The van der Waals surface area contributed by atoms with Crippen LogP contribution in [0.1, 0.15) is 26.8 Å². The number of guanidine groups is 1. The number of aryl methyl sites for hydroxylation is 3. The van der Waals surface area contributed by atoms with Gasteiger partial charge in [0.15, 0.2) is 5.96 Å². The molecule has 0 amide bonds. The average molecular weight is 528 g/mol. The fourth-order valence-corrected chi connectivity index (χ4v) is 4.29. The summed E-state index contributed by atoms with van der Waals surface area (Å²) >= 11 is 3.42. The first-order chi connectivity index (χ1) is 13.0. The Labute approximate surface area is 191 Å². The zero-order chi connectivity index (χ0) is 19.2. The molecule has 28 heavy (non-hydrogen) atoms. The van der Waals surface area contributed by atoms with Gasteiger partial charge in [-0.25, -0.2) is 9.97 Å². The molecule has 0 bridgehead atoms. The van der Waals surface area contributed by atoms with Crippen molar-refractivity contribution in [3.05, 3.63) is 56.5 Å². The molecule has 2 aromatic heterocycles. The lowest BCUT2D eigenvalue weighted by molar-refractivity contribution is 0.784. The molecule has 0 aliphatic heterocycles. The molecule has 3 aromatic rings. The Balaban J connectivity index is 0.00000280. The van der Waals surface area contributed by atoms with Crippen LogP contribution in [0.3, 0.4) is 0 Å². The molecule has 0 aliphatic rings. The molecule has 0 fully saturated rings. The van der Waals surface area contributed by atoms with Crippen molar-refractivity contribution in [1.82, 2.24) is 20.6 Å². The second-order valence-electron chi connectivity index (χ2n) is 6.36. The molecule has 5 nitrogen and oxygen atoms in total. The Morgan fingerprint density at radius 2 is 1.82 bits per heavy atom. The third-order valence-electron chi connectivity index (χ3n) is 4.23. The van der Waals surface area contributed by atoms with Gasteiger partial charge < -0.3 is 10.6 Å². The number of thiazole rings is 2. The lowest BCUT2D eigenvalue weighted by Gasteiger charge is -2.10. The van der Waals surface area contributed by atoms with Gasteiger partial charge >= 0.3 is 0 Å². The first-order valence-corrected chi connectivity index (χ1v) is 10.6. The van der Waals surface area contributed by atoms with Crippen LogP contribution in [0.4, 0.5) is 0 Å². The van der Waals surface area contributed by atoms with Crippen LogP contribution in [0.2, 0.25) is 0 Å². The summed E-state index contributed by atoms with van der Waals surface area (Å²) in [6.07, 6.45) is 0.860. The zero-order valence-corrected chi connectivity index (χ0v) is 20.5. The molecular weight excluding hydrogens is 501 g/mol. The first-order valence-electron chi connectivity index (χ1n) is 8.94. The summed E-state index contributed by atoms with van der Waals surface area (Å²) in [5, 5.41) is 10.9. The number of aliphatic imine (C=N–C) groups is 1. The number of nitrogens with one attached hydrogen (secondary N) is 2. The summed E-state index contributed by atoms with van der Waals surface area (Å²) in [6.45, 7) is 7.71. The van der Waals surface area contributed by atoms with Gasteiger partial charge in [0.2, 0.25) is 0 Å². The maximum atomic E-state index is 4.75. The number of nitrogens with zero attached hydrogens (tertiary/aromatic N) is 3. The van der Waals surface area contributed by atoms with Gasteiger partial charge in [0.25, 0.3) is 0 Å². The quantitative estimate of drug-likeness (QED) is 0.277. The van der Waals surface area contributed by atoms with Gasteiger partial charge in [-0.15, -0.1) is 46.7 Å². The highest BCUT2D eigenvalue weighted by molar-refractivity contribution is 14.0. The van der Waals surface area contributed by atoms with Gasteiger partial charge in [-0.3, -0.25) is 4.99 Å². The first kappa shape index (κ1) is 22.8. The molecule has 0 aliphatic carbocycles.